The van der Waals surface area contributed by atoms with Crippen molar-refractivity contribution in [2.24, 2.45) is 0 Å². The molecule has 28 heavy (non-hydrogen) atoms. The van der Waals surface area contributed by atoms with Crippen LogP contribution in [0.15, 0.2) is 48.5 Å². The number of nitrogens with one attached hydrogen (secondary N) is 1. The minimum absolute atomic E-state index is 0.234. The third-order valence-corrected chi connectivity index (χ3v) is 4.24. The van der Waals surface area contributed by atoms with E-state index in [2.05, 4.69) is 10.4 Å². The predicted octanol–water partition coefficient (Wildman–Crippen LogP) is 4.77. The molecule has 0 unspecified atom stereocenters. The van der Waals surface area contributed by atoms with Crippen molar-refractivity contribution in [2.75, 3.05) is 12.4 Å². The van der Waals surface area contributed by atoms with Crippen LogP contribution in [-0.4, -0.2) is 22.8 Å². The molecule has 0 saturated heterocycles. The number of carbonyl (C=O) groups is 1. The van der Waals surface area contributed by atoms with E-state index in [9.17, 15) is 18.0 Å². The summed E-state index contributed by atoms with van der Waals surface area (Å²) in [5, 5.41) is 6.43. The van der Waals surface area contributed by atoms with Gasteiger partial charge in [0.1, 0.15) is 11.4 Å². The number of hydrogen-bond acceptors (Lipinski definition) is 3. The highest BCUT2D eigenvalue weighted by Gasteiger charge is 2.34. The zero-order valence-electron chi connectivity index (χ0n) is 15.5. The van der Waals surface area contributed by atoms with Crippen LogP contribution in [0.4, 0.5) is 18.9 Å². The van der Waals surface area contributed by atoms with Crippen LogP contribution in [-0.2, 0) is 6.18 Å². The Labute approximate surface area is 159 Å². The lowest BCUT2D eigenvalue weighted by atomic mass is 10.1. The molecular weight excluding hydrogens is 371 g/mol. The van der Waals surface area contributed by atoms with Crippen LogP contribution in [0, 0.1) is 13.8 Å². The molecule has 3 aromatic rings. The van der Waals surface area contributed by atoms with Crippen LogP contribution in [0.3, 0.4) is 0 Å². The Morgan fingerprint density at radius 1 is 1.11 bits per heavy atom. The summed E-state index contributed by atoms with van der Waals surface area (Å²) in [6.45, 7) is 3.39. The highest BCUT2D eigenvalue weighted by molar-refractivity contribution is 6.05. The van der Waals surface area contributed by atoms with Crippen molar-refractivity contribution in [3.05, 3.63) is 71.0 Å². The van der Waals surface area contributed by atoms with Gasteiger partial charge in [0.05, 0.1) is 7.11 Å². The number of para-hydroxylation sites is 1. The van der Waals surface area contributed by atoms with Gasteiger partial charge in [-0.2, -0.15) is 18.3 Å². The molecule has 2 aromatic carbocycles. The number of benzene rings is 2. The number of aryl methyl sites for hydroxylation is 2. The predicted molar refractivity (Wildman–Crippen MR) is 99.0 cm³/mol. The molecule has 0 bridgehead atoms. The first kappa shape index (κ1) is 19.5. The molecule has 0 spiro atoms. The fourth-order valence-corrected chi connectivity index (χ4v) is 2.76. The topological polar surface area (TPSA) is 56.1 Å². The van der Waals surface area contributed by atoms with Crippen LogP contribution >= 0.6 is 0 Å². The summed E-state index contributed by atoms with van der Waals surface area (Å²) in [5.41, 5.74) is 1.50. The smallest absolute Gasteiger partial charge is 0.435 e. The minimum Gasteiger partial charge on any atom is -0.494 e. The zero-order valence-corrected chi connectivity index (χ0v) is 15.5. The molecule has 5 nitrogen and oxygen atoms in total. The van der Waals surface area contributed by atoms with Crippen molar-refractivity contribution in [1.82, 2.24) is 9.78 Å². The van der Waals surface area contributed by atoms with Crippen molar-refractivity contribution in [2.45, 2.75) is 20.0 Å². The molecule has 3 rings (SSSR count). The Kier molecular flexibility index (Phi) is 5.13. The number of rotatable bonds is 4. The van der Waals surface area contributed by atoms with E-state index in [1.807, 2.05) is 25.1 Å². The first-order valence-electron chi connectivity index (χ1n) is 8.40. The number of nitrogens with zero attached hydrogens (tertiary/aromatic N) is 2. The molecule has 1 heterocycles. The summed E-state index contributed by atoms with van der Waals surface area (Å²) in [5.74, 6) is -0.121. The Balaban J connectivity index is 1.94. The van der Waals surface area contributed by atoms with Crippen molar-refractivity contribution in [1.29, 1.82) is 0 Å². The second kappa shape index (κ2) is 7.38. The van der Waals surface area contributed by atoms with Gasteiger partial charge < -0.3 is 10.1 Å². The molecule has 0 radical (unpaired) electrons. The van der Waals surface area contributed by atoms with Crippen LogP contribution < -0.4 is 10.1 Å². The van der Waals surface area contributed by atoms with Crippen LogP contribution in [0.5, 0.6) is 5.75 Å². The van der Waals surface area contributed by atoms with E-state index in [-0.39, 0.29) is 11.7 Å². The van der Waals surface area contributed by atoms with Gasteiger partial charge in [-0.3, -0.25) is 4.79 Å². The summed E-state index contributed by atoms with van der Waals surface area (Å²) >= 11 is 0. The maximum absolute atomic E-state index is 12.9. The first-order chi connectivity index (χ1) is 13.2. The van der Waals surface area contributed by atoms with Crippen LogP contribution in [0.25, 0.3) is 5.69 Å². The van der Waals surface area contributed by atoms with E-state index in [1.165, 1.54) is 32.2 Å². The zero-order chi connectivity index (χ0) is 20.5. The van der Waals surface area contributed by atoms with Gasteiger partial charge in [-0.05, 0) is 49.7 Å². The Bertz CT molecular complexity index is 1030. The van der Waals surface area contributed by atoms with Crippen molar-refractivity contribution >= 4 is 11.6 Å². The highest BCUT2D eigenvalue weighted by atomic mass is 19.4. The van der Waals surface area contributed by atoms with E-state index in [0.29, 0.717) is 22.6 Å². The first-order valence-corrected chi connectivity index (χ1v) is 8.40. The molecule has 1 amide bonds. The monoisotopic (exact) mass is 389 g/mol. The third-order valence-electron chi connectivity index (χ3n) is 4.24. The average molecular weight is 389 g/mol. The maximum atomic E-state index is 12.9. The molecule has 8 heteroatoms. The molecule has 0 fully saturated rings. The normalized spacial score (nSPS) is 11.4. The quantitative estimate of drug-likeness (QED) is 0.699. The molecule has 0 aliphatic rings. The van der Waals surface area contributed by atoms with Crippen LogP contribution in [0.2, 0.25) is 0 Å². The number of anilines is 1. The lowest BCUT2D eigenvalue weighted by Gasteiger charge is -2.13. The third kappa shape index (κ3) is 3.85. The lowest BCUT2D eigenvalue weighted by molar-refractivity contribution is -0.141. The van der Waals surface area contributed by atoms with Gasteiger partial charge in [-0.15, -0.1) is 0 Å². The maximum Gasteiger partial charge on any atom is 0.435 e. The summed E-state index contributed by atoms with van der Waals surface area (Å²) in [7, 11) is 1.38. The van der Waals surface area contributed by atoms with E-state index in [4.69, 9.17) is 4.74 Å². The number of amides is 1. The largest absolute Gasteiger partial charge is 0.494 e. The summed E-state index contributed by atoms with van der Waals surface area (Å²) < 4.78 is 45.2. The number of hydrogen-bond donors (Lipinski definition) is 1. The van der Waals surface area contributed by atoms with Gasteiger partial charge in [0.2, 0.25) is 0 Å². The van der Waals surface area contributed by atoms with Gasteiger partial charge in [0.15, 0.2) is 5.69 Å². The lowest BCUT2D eigenvalue weighted by Crippen LogP contribution is -2.13. The standard InChI is InChI=1S/C20H18F3N3O2/c1-12-6-4-5-7-15(12)24-19(27)14-8-9-16(17(11-14)28-3)26-13(2)10-18(25-26)20(21,22)23/h4-11H,1-3H3,(H,24,27). The fourth-order valence-electron chi connectivity index (χ4n) is 2.76. The molecule has 0 aliphatic heterocycles. The molecular formula is C20H18F3N3O2. The Morgan fingerprint density at radius 3 is 2.43 bits per heavy atom. The second-order valence-electron chi connectivity index (χ2n) is 6.24. The van der Waals surface area contributed by atoms with E-state index >= 15 is 0 Å². The molecule has 0 saturated carbocycles. The van der Waals surface area contributed by atoms with Gasteiger partial charge >= 0.3 is 6.18 Å². The summed E-state index contributed by atoms with van der Waals surface area (Å²) in [4.78, 5) is 12.5. The number of methoxy groups -OCH3 is 1. The summed E-state index contributed by atoms with van der Waals surface area (Å²) in [6, 6.07) is 12.8. The Morgan fingerprint density at radius 2 is 1.82 bits per heavy atom. The minimum atomic E-state index is -4.55. The molecule has 1 N–H and O–H groups in total. The van der Waals surface area contributed by atoms with Gasteiger partial charge in [-0.25, -0.2) is 4.68 Å². The number of aromatic nitrogens is 2. The number of halogens is 3. The van der Waals surface area contributed by atoms with E-state index in [0.717, 1.165) is 16.3 Å². The fraction of sp³-hybridized carbons (Fsp3) is 0.200. The molecule has 0 aliphatic carbocycles. The van der Waals surface area contributed by atoms with E-state index < -0.39 is 11.9 Å². The van der Waals surface area contributed by atoms with Gasteiger partial charge in [-0.1, -0.05) is 18.2 Å². The number of alkyl halides is 3. The SMILES string of the molecule is COc1cc(C(=O)Nc2ccccc2C)ccc1-n1nc(C(F)(F)F)cc1C. The van der Waals surface area contributed by atoms with Crippen LogP contribution in [0.1, 0.15) is 27.3 Å². The van der Waals surface area contributed by atoms with Crippen molar-refractivity contribution in [3.63, 3.8) is 0 Å². The highest BCUT2D eigenvalue weighted by Crippen LogP contribution is 2.31. The second-order valence-corrected chi connectivity index (χ2v) is 6.24. The number of carbonyl (C=O) groups excluding carboxylic acids is 1. The molecule has 1 aromatic heterocycles. The number of ether oxygens (including phenoxy) is 1. The van der Waals surface area contributed by atoms with Gasteiger partial charge in [0.25, 0.3) is 5.91 Å². The summed E-state index contributed by atoms with van der Waals surface area (Å²) in [6.07, 6.45) is -4.55. The molecule has 146 valence electrons. The Hall–Kier alpha value is -3.29. The van der Waals surface area contributed by atoms with Crippen molar-refractivity contribution < 1.29 is 22.7 Å². The van der Waals surface area contributed by atoms with Gasteiger partial charge in [0, 0.05) is 16.9 Å². The average Bonchev–Trinajstić information content (AvgIpc) is 3.05. The van der Waals surface area contributed by atoms with E-state index in [1.54, 1.807) is 6.07 Å². The van der Waals surface area contributed by atoms with Crippen molar-refractivity contribution in [3.8, 4) is 11.4 Å². The molecule has 0 atom stereocenters.